The maximum atomic E-state index is 13.4. The average Bonchev–Trinajstić information content (AvgIpc) is 3.53. The van der Waals surface area contributed by atoms with E-state index in [1.807, 2.05) is 44.4 Å². The molecule has 9 heteroatoms. The lowest BCUT2D eigenvalue weighted by Gasteiger charge is -2.41. The molecular formula is C42H54N4O5. The maximum Gasteiger partial charge on any atom is 0.339 e. The van der Waals surface area contributed by atoms with E-state index in [0.29, 0.717) is 36.6 Å². The molecule has 3 heterocycles. The van der Waals surface area contributed by atoms with Crippen LogP contribution in [0, 0.1) is 6.92 Å². The molecule has 0 amide bonds. The van der Waals surface area contributed by atoms with E-state index >= 15 is 0 Å². The van der Waals surface area contributed by atoms with Gasteiger partial charge in [-0.2, -0.15) is 9.61 Å². The van der Waals surface area contributed by atoms with Crippen LogP contribution >= 0.6 is 0 Å². The summed E-state index contributed by atoms with van der Waals surface area (Å²) in [5, 5.41) is 5.19. The van der Waals surface area contributed by atoms with Gasteiger partial charge in [-0.1, -0.05) is 43.3 Å². The molecule has 0 saturated carbocycles. The molecule has 0 bridgehead atoms. The number of benzene rings is 2. The van der Waals surface area contributed by atoms with E-state index in [1.54, 1.807) is 6.08 Å². The summed E-state index contributed by atoms with van der Waals surface area (Å²) in [7, 11) is 1.39. The van der Waals surface area contributed by atoms with Crippen molar-refractivity contribution < 1.29 is 23.7 Å². The highest BCUT2D eigenvalue weighted by Gasteiger charge is 2.38. The third-order valence-corrected chi connectivity index (χ3v) is 9.37. The molecule has 1 saturated heterocycles. The predicted octanol–water partition coefficient (Wildman–Crippen LogP) is 8.87. The van der Waals surface area contributed by atoms with Gasteiger partial charge in [-0.05, 0) is 90.1 Å². The summed E-state index contributed by atoms with van der Waals surface area (Å²) in [6, 6.07) is 16.8. The molecule has 2 aromatic heterocycles. The zero-order valence-electron chi connectivity index (χ0n) is 31.6. The van der Waals surface area contributed by atoms with Crippen molar-refractivity contribution in [1.29, 1.82) is 0 Å². The number of fused-ring (bicyclic) bond motifs is 1. The van der Waals surface area contributed by atoms with Crippen LogP contribution < -0.4 is 9.64 Å². The minimum Gasteiger partial charge on any atom is -0.490 e. The highest BCUT2D eigenvalue weighted by molar-refractivity contribution is 5.81. The van der Waals surface area contributed by atoms with Gasteiger partial charge >= 0.3 is 5.97 Å². The van der Waals surface area contributed by atoms with Gasteiger partial charge in [0.1, 0.15) is 11.6 Å². The van der Waals surface area contributed by atoms with Crippen LogP contribution in [-0.2, 0) is 25.4 Å². The van der Waals surface area contributed by atoms with Crippen LogP contribution in [0.15, 0.2) is 73.8 Å². The second-order valence-corrected chi connectivity index (χ2v) is 14.6. The quantitative estimate of drug-likeness (QED) is 0.0956. The minimum atomic E-state index is -1.00. The smallest absolute Gasteiger partial charge is 0.339 e. The Morgan fingerprint density at radius 1 is 1.06 bits per heavy atom. The van der Waals surface area contributed by atoms with Gasteiger partial charge in [0.2, 0.25) is 0 Å². The van der Waals surface area contributed by atoms with Crippen molar-refractivity contribution in [3.8, 4) is 28.1 Å². The third kappa shape index (κ3) is 8.71. The van der Waals surface area contributed by atoms with Crippen molar-refractivity contribution >= 4 is 17.4 Å². The summed E-state index contributed by atoms with van der Waals surface area (Å²) in [4.78, 5) is 20.7. The molecule has 0 unspecified atom stereocenters. The first kappa shape index (κ1) is 37.8. The number of carbonyl (C=O) groups is 1. The summed E-state index contributed by atoms with van der Waals surface area (Å²) >= 11 is 0. The number of ether oxygens (including phenoxy) is 4. The molecule has 0 spiro atoms. The number of hydrogen-bond acceptors (Lipinski definition) is 8. The minimum absolute atomic E-state index is 0.00504. The number of aryl methyl sites for hydroxylation is 2. The Morgan fingerprint density at radius 3 is 2.43 bits per heavy atom. The highest BCUT2D eigenvalue weighted by Crippen LogP contribution is 2.40. The van der Waals surface area contributed by atoms with Gasteiger partial charge in [0.05, 0.1) is 42.3 Å². The lowest BCUT2D eigenvalue weighted by atomic mass is 9.92. The van der Waals surface area contributed by atoms with E-state index in [-0.39, 0.29) is 11.7 Å². The summed E-state index contributed by atoms with van der Waals surface area (Å²) in [6.07, 6.45) is 5.90. The maximum absolute atomic E-state index is 13.4. The first-order valence-corrected chi connectivity index (χ1v) is 18.0. The topological polar surface area (TPSA) is 87.4 Å². The number of piperidine rings is 1. The van der Waals surface area contributed by atoms with E-state index in [1.165, 1.54) is 12.7 Å². The molecule has 4 aromatic rings. The Morgan fingerprint density at radius 2 is 1.78 bits per heavy atom. The van der Waals surface area contributed by atoms with Crippen LogP contribution in [0.4, 0.5) is 5.82 Å². The lowest BCUT2D eigenvalue weighted by Crippen LogP contribution is -2.45. The van der Waals surface area contributed by atoms with E-state index in [4.69, 9.17) is 29.0 Å². The van der Waals surface area contributed by atoms with Crippen LogP contribution in [-0.4, -0.2) is 64.7 Å². The molecule has 2 aromatic carbocycles. The fourth-order valence-corrected chi connectivity index (χ4v) is 6.62. The van der Waals surface area contributed by atoms with Crippen molar-refractivity contribution in [2.45, 2.75) is 97.6 Å². The Bertz CT molecular complexity index is 1870. The summed E-state index contributed by atoms with van der Waals surface area (Å²) in [5.41, 5.74) is 6.09. The predicted molar refractivity (Wildman–Crippen MR) is 204 cm³/mol. The molecule has 0 aliphatic carbocycles. The molecule has 1 fully saturated rings. The fraction of sp³-hybridized carbons (Fsp3) is 0.452. The SMILES string of the molecule is C=CCOC1(C)CCN(c2c([C@H](OC(C)(C)C)C(=O)OC)c(C)nc3cc(-c4cccc(-c5cc(CC)ccc5O[C@@H](C)CC=C)c4)nn23)CC1. The van der Waals surface area contributed by atoms with Gasteiger partial charge < -0.3 is 23.8 Å². The first-order chi connectivity index (χ1) is 24.3. The van der Waals surface area contributed by atoms with E-state index in [2.05, 4.69) is 81.3 Å². The summed E-state index contributed by atoms with van der Waals surface area (Å²) in [5.74, 6) is 1.12. The van der Waals surface area contributed by atoms with Crippen LogP contribution in [0.5, 0.6) is 5.75 Å². The standard InChI is InChI=1S/C42H54N4O5/c1-11-15-28(4)50-35-19-18-30(13-3)25-33(35)31-16-14-17-32(26-31)34-27-36-43-29(5)37(38(40(47)48-10)51-41(6,7)8)39(46(36)44-34)45-22-20-42(9,21-23-45)49-24-12-2/h11-12,14,16-19,25-28,38H,1-2,13,15,20-24H2,3-10H3/t28-,38-/m0/s1. The van der Waals surface area contributed by atoms with Gasteiger partial charge in [-0.15, -0.1) is 13.2 Å². The molecule has 272 valence electrons. The number of aromatic nitrogens is 3. The van der Waals surface area contributed by atoms with Crippen molar-refractivity contribution in [2.75, 3.05) is 31.7 Å². The van der Waals surface area contributed by atoms with Crippen LogP contribution in [0.2, 0.25) is 0 Å². The molecular weight excluding hydrogens is 640 g/mol. The second-order valence-electron chi connectivity index (χ2n) is 14.6. The van der Waals surface area contributed by atoms with Crippen molar-refractivity contribution in [3.63, 3.8) is 0 Å². The molecule has 5 rings (SSSR count). The second kappa shape index (κ2) is 15.8. The molecule has 0 radical (unpaired) electrons. The highest BCUT2D eigenvalue weighted by atomic mass is 16.6. The average molecular weight is 695 g/mol. The van der Waals surface area contributed by atoms with Gasteiger partial charge in [-0.25, -0.2) is 9.78 Å². The van der Waals surface area contributed by atoms with Gasteiger partial charge in [0.15, 0.2) is 11.8 Å². The van der Waals surface area contributed by atoms with E-state index in [0.717, 1.165) is 59.6 Å². The largest absolute Gasteiger partial charge is 0.490 e. The number of anilines is 1. The Labute approximate surface area is 303 Å². The number of carbonyl (C=O) groups excluding carboxylic acids is 1. The van der Waals surface area contributed by atoms with E-state index < -0.39 is 17.7 Å². The van der Waals surface area contributed by atoms with Gasteiger partial charge in [0.25, 0.3) is 0 Å². The van der Waals surface area contributed by atoms with Crippen LogP contribution in [0.1, 0.15) is 83.7 Å². The Hall–Kier alpha value is -4.47. The lowest BCUT2D eigenvalue weighted by molar-refractivity contribution is -0.164. The molecule has 1 aliphatic rings. The van der Waals surface area contributed by atoms with Crippen molar-refractivity contribution in [3.05, 3.63) is 90.7 Å². The number of hydrogen-bond donors (Lipinski definition) is 0. The Kier molecular flexibility index (Phi) is 11.7. The van der Waals surface area contributed by atoms with Gasteiger partial charge in [-0.3, -0.25) is 0 Å². The summed E-state index contributed by atoms with van der Waals surface area (Å²) in [6.45, 7) is 23.6. The Balaban J connectivity index is 1.65. The van der Waals surface area contributed by atoms with E-state index in [9.17, 15) is 4.79 Å². The monoisotopic (exact) mass is 694 g/mol. The number of nitrogens with zero attached hydrogens (tertiary/aromatic N) is 4. The molecule has 2 atom stereocenters. The van der Waals surface area contributed by atoms with Crippen molar-refractivity contribution in [2.24, 2.45) is 0 Å². The van der Waals surface area contributed by atoms with Crippen LogP contribution in [0.25, 0.3) is 28.0 Å². The van der Waals surface area contributed by atoms with Crippen molar-refractivity contribution in [1.82, 2.24) is 14.6 Å². The van der Waals surface area contributed by atoms with Gasteiger partial charge in [0, 0.05) is 42.4 Å². The number of methoxy groups -OCH3 is 1. The van der Waals surface area contributed by atoms with Crippen LogP contribution in [0.3, 0.4) is 0 Å². The third-order valence-electron chi connectivity index (χ3n) is 9.37. The molecule has 9 nitrogen and oxygen atoms in total. The molecule has 51 heavy (non-hydrogen) atoms. The number of rotatable bonds is 14. The summed E-state index contributed by atoms with van der Waals surface area (Å²) < 4.78 is 26.2. The first-order valence-electron chi connectivity index (χ1n) is 18.0. The molecule has 0 N–H and O–H groups in total. The number of esters is 1. The zero-order valence-corrected chi connectivity index (χ0v) is 31.6. The fourth-order valence-electron chi connectivity index (χ4n) is 6.62. The zero-order chi connectivity index (χ0) is 36.9. The normalized spacial score (nSPS) is 15.7. The molecule has 1 aliphatic heterocycles.